The lowest BCUT2D eigenvalue weighted by molar-refractivity contribution is 0.170. The SMILES string of the molecule is CC1(C)CC(Nc2c(N3CCN(c4ccc(F)cc4)CC3)c(=O)c2=O)CC(C)(C)N1. The largest absolute Gasteiger partial charge is 0.377 e. The summed E-state index contributed by atoms with van der Waals surface area (Å²) < 4.78 is 13.2. The number of halogens is 1. The van der Waals surface area contributed by atoms with Gasteiger partial charge in [0, 0.05) is 49.0 Å². The third kappa shape index (κ3) is 4.08. The molecule has 0 radical (unpaired) electrons. The second-order valence-corrected chi connectivity index (χ2v) is 9.97. The predicted octanol–water partition coefficient (Wildman–Crippen LogP) is 2.47. The maximum atomic E-state index is 13.2. The standard InChI is InChI=1S/C23H31FN4O2/c1-22(2)13-16(14-23(3,4)26-22)25-18-19(21(30)20(18)29)28-11-9-27(10-12-28)17-7-5-15(24)6-8-17/h5-8,16,25-26H,9-14H2,1-4H3. The zero-order valence-corrected chi connectivity index (χ0v) is 18.2. The second-order valence-electron chi connectivity index (χ2n) is 9.97. The molecule has 0 unspecified atom stereocenters. The Morgan fingerprint density at radius 2 is 1.43 bits per heavy atom. The van der Waals surface area contributed by atoms with Crippen molar-refractivity contribution in [1.82, 2.24) is 5.32 Å². The van der Waals surface area contributed by atoms with E-state index in [0.717, 1.165) is 31.6 Å². The van der Waals surface area contributed by atoms with Crippen LogP contribution in [0.4, 0.5) is 21.5 Å². The summed E-state index contributed by atoms with van der Waals surface area (Å²) in [5.41, 5.74) is 1.11. The molecule has 0 aliphatic carbocycles. The minimum Gasteiger partial charge on any atom is -0.377 e. The quantitative estimate of drug-likeness (QED) is 0.750. The fourth-order valence-electron chi connectivity index (χ4n) is 5.28. The Kier molecular flexibility index (Phi) is 5.12. The smallest absolute Gasteiger partial charge is 0.253 e. The second kappa shape index (κ2) is 7.38. The van der Waals surface area contributed by atoms with Crippen LogP contribution in [0.2, 0.25) is 0 Å². The third-order valence-corrected chi connectivity index (χ3v) is 6.21. The number of benzene rings is 1. The van der Waals surface area contributed by atoms with E-state index in [1.165, 1.54) is 12.1 Å². The van der Waals surface area contributed by atoms with Gasteiger partial charge >= 0.3 is 0 Å². The van der Waals surface area contributed by atoms with Gasteiger partial charge in [-0.1, -0.05) is 0 Å². The molecule has 0 saturated carbocycles. The summed E-state index contributed by atoms with van der Waals surface area (Å²) in [4.78, 5) is 29.0. The van der Waals surface area contributed by atoms with Crippen molar-refractivity contribution in [3.8, 4) is 0 Å². The first-order valence-corrected chi connectivity index (χ1v) is 10.7. The van der Waals surface area contributed by atoms with E-state index in [0.29, 0.717) is 24.5 Å². The minimum absolute atomic E-state index is 0.0439. The third-order valence-electron chi connectivity index (χ3n) is 6.21. The maximum Gasteiger partial charge on any atom is 0.253 e. The lowest BCUT2D eigenvalue weighted by atomic mass is 9.79. The van der Waals surface area contributed by atoms with Crippen molar-refractivity contribution < 1.29 is 4.39 Å². The Balaban J connectivity index is 1.46. The molecule has 2 aliphatic rings. The Hall–Kier alpha value is -2.41. The molecule has 2 aromatic carbocycles. The minimum atomic E-state index is -0.403. The van der Waals surface area contributed by atoms with E-state index < -0.39 is 5.43 Å². The van der Waals surface area contributed by atoms with E-state index in [-0.39, 0.29) is 28.4 Å². The molecule has 2 heterocycles. The normalized spacial score (nSPS) is 21.8. The zero-order valence-electron chi connectivity index (χ0n) is 18.2. The van der Waals surface area contributed by atoms with E-state index in [9.17, 15) is 14.0 Å². The lowest BCUT2D eigenvalue weighted by Gasteiger charge is -2.47. The number of rotatable bonds is 4. The van der Waals surface area contributed by atoms with Crippen LogP contribution in [0.5, 0.6) is 0 Å². The van der Waals surface area contributed by atoms with Crippen molar-refractivity contribution in [1.29, 1.82) is 0 Å². The van der Waals surface area contributed by atoms with Gasteiger partial charge in [0.25, 0.3) is 10.9 Å². The molecule has 7 heteroatoms. The van der Waals surface area contributed by atoms with Crippen LogP contribution < -0.4 is 31.3 Å². The Morgan fingerprint density at radius 3 is 2.00 bits per heavy atom. The highest BCUT2D eigenvalue weighted by Gasteiger charge is 2.39. The molecule has 6 nitrogen and oxygen atoms in total. The molecule has 0 aromatic heterocycles. The number of anilines is 3. The summed E-state index contributed by atoms with van der Waals surface area (Å²) in [6.45, 7) is 11.4. The van der Waals surface area contributed by atoms with Gasteiger partial charge in [-0.15, -0.1) is 0 Å². The molecule has 2 fully saturated rings. The van der Waals surface area contributed by atoms with Crippen molar-refractivity contribution in [2.45, 2.75) is 57.7 Å². The number of piperidine rings is 1. The first-order valence-electron chi connectivity index (χ1n) is 10.7. The summed E-state index contributed by atoms with van der Waals surface area (Å²) in [7, 11) is 0. The molecule has 2 saturated heterocycles. The summed E-state index contributed by atoms with van der Waals surface area (Å²) in [6.07, 6.45) is 1.76. The van der Waals surface area contributed by atoms with Crippen LogP contribution in [-0.4, -0.2) is 43.3 Å². The van der Waals surface area contributed by atoms with Crippen molar-refractivity contribution in [2.24, 2.45) is 0 Å². The maximum absolute atomic E-state index is 13.2. The molecule has 2 aromatic rings. The molecule has 4 rings (SSSR count). The topological polar surface area (TPSA) is 64.7 Å². The van der Waals surface area contributed by atoms with Gasteiger partial charge in [0.1, 0.15) is 17.2 Å². The van der Waals surface area contributed by atoms with Gasteiger partial charge in [-0.05, 0) is 64.8 Å². The highest BCUT2D eigenvalue weighted by Crippen LogP contribution is 2.32. The molecule has 0 bridgehead atoms. The molecule has 2 aliphatic heterocycles. The summed E-state index contributed by atoms with van der Waals surface area (Å²) in [5.74, 6) is -0.249. The fourth-order valence-corrected chi connectivity index (χ4v) is 5.28. The Bertz CT molecular complexity index is 968. The number of piperazine rings is 1. The van der Waals surface area contributed by atoms with Crippen LogP contribution >= 0.6 is 0 Å². The van der Waals surface area contributed by atoms with Gasteiger partial charge in [0.05, 0.1) is 0 Å². The van der Waals surface area contributed by atoms with Crippen molar-refractivity contribution in [3.05, 3.63) is 50.5 Å². The van der Waals surface area contributed by atoms with Crippen LogP contribution in [0.1, 0.15) is 40.5 Å². The Morgan fingerprint density at radius 1 is 0.900 bits per heavy atom. The average Bonchev–Trinajstić information content (AvgIpc) is 2.66. The number of hydrogen-bond acceptors (Lipinski definition) is 6. The summed E-state index contributed by atoms with van der Waals surface area (Å²) in [5, 5.41) is 7.06. The van der Waals surface area contributed by atoms with Gasteiger partial charge in [-0.3, -0.25) is 9.59 Å². The van der Waals surface area contributed by atoms with Crippen LogP contribution in [0, 0.1) is 5.82 Å². The Labute approximate surface area is 176 Å². The highest BCUT2D eigenvalue weighted by atomic mass is 19.1. The predicted molar refractivity (Wildman–Crippen MR) is 120 cm³/mol. The van der Waals surface area contributed by atoms with Crippen LogP contribution in [-0.2, 0) is 0 Å². The fraction of sp³-hybridized carbons (Fsp3) is 0.565. The molecular weight excluding hydrogens is 383 g/mol. The zero-order chi connectivity index (χ0) is 21.7. The van der Waals surface area contributed by atoms with E-state index in [4.69, 9.17) is 0 Å². The number of nitrogens with one attached hydrogen (secondary N) is 2. The van der Waals surface area contributed by atoms with E-state index >= 15 is 0 Å². The summed E-state index contributed by atoms with van der Waals surface area (Å²) in [6, 6.07) is 6.61. The van der Waals surface area contributed by atoms with Crippen molar-refractivity contribution in [2.75, 3.05) is 41.3 Å². The summed E-state index contributed by atoms with van der Waals surface area (Å²) >= 11 is 0. The van der Waals surface area contributed by atoms with Crippen molar-refractivity contribution >= 4 is 17.1 Å². The first kappa shape index (κ1) is 20.8. The number of nitrogens with zero attached hydrogens (tertiary/aromatic N) is 2. The number of hydrogen-bond donors (Lipinski definition) is 2. The van der Waals surface area contributed by atoms with Gasteiger partial charge in [0.15, 0.2) is 0 Å². The molecule has 0 amide bonds. The molecule has 162 valence electrons. The van der Waals surface area contributed by atoms with Crippen molar-refractivity contribution in [3.63, 3.8) is 0 Å². The van der Waals surface area contributed by atoms with E-state index in [1.807, 2.05) is 4.90 Å². The molecule has 30 heavy (non-hydrogen) atoms. The van der Waals surface area contributed by atoms with E-state index in [1.54, 1.807) is 12.1 Å². The van der Waals surface area contributed by atoms with Gasteiger partial charge < -0.3 is 20.4 Å². The highest BCUT2D eigenvalue weighted by molar-refractivity contribution is 5.76. The monoisotopic (exact) mass is 414 g/mol. The van der Waals surface area contributed by atoms with Crippen LogP contribution in [0.3, 0.4) is 0 Å². The van der Waals surface area contributed by atoms with E-state index in [2.05, 4.69) is 43.2 Å². The van der Waals surface area contributed by atoms with Gasteiger partial charge in [-0.25, -0.2) is 4.39 Å². The first-order chi connectivity index (χ1) is 14.0. The molecule has 0 spiro atoms. The molecular formula is C23H31FN4O2. The van der Waals surface area contributed by atoms with Gasteiger partial charge in [-0.2, -0.15) is 0 Å². The lowest BCUT2D eigenvalue weighted by Crippen LogP contribution is -2.61. The molecule has 2 N–H and O–H groups in total. The molecule has 0 atom stereocenters. The average molecular weight is 415 g/mol. The van der Waals surface area contributed by atoms with Gasteiger partial charge in [0.2, 0.25) is 0 Å². The van der Waals surface area contributed by atoms with Crippen LogP contribution in [0.25, 0.3) is 0 Å². The van der Waals surface area contributed by atoms with Crippen LogP contribution in [0.15, 0.2) is 33.9 Å².